The van der Waals surface area contributed by atoms with Crippen molar-refractivity contribution >= 4 is 13.3 Å². The maximum atomic E-state index is 12.0. The molecule has 0 fully saturated rings. The Morgan fingerprint density at radius 1 is 1.15 bits per heavy atom. The molecule has 5 heteroatoms. The Hall–Kier alpha value is -0.965. The second kappa shape index (κ2) is 3.42. The molecule has 0 aliphatic heterocycles. The van der Waals surface area contributed by atoms with Crippen LogP contribution in [0.3, 0.4) is 0 Å². The number of halogens is 3. The third-order valence-corrected chi connectivity index (χ3v) is 1.56. The number of hydrogen-bond acceptors (Lipinski definition) is 1. The topological polar surface area (TPSA) is 20.2 Å². The molecule has 68 valence electrons. The minimum Gasteiger partial charge on any atom is -0.379 e. The second-order valence-corrected chi connectivity index (χ2v) is 2.61. The molecule has 0 spiro atoms. The minimum atomic E-state index is -4.63. The number of hydrogen-bond donors (Lipinski definition) is 1. The van der Waals surface area contributed by atoms with Gasteiger partial charge in [0.05, 0.1) is 0 Å². The Balaban J connectivity index is 2.90. The SMILES string of the molecule is [B]c1ccc(C(O)C(F)(F)F)cc1. The highest BCUT2D eigenvalue weighted by Crippen LogP contribution is 2.31. The lowest BCUT2D eigenvalue weighted by Crippen LogP contribution is -2.20. The summed E-state index contributed by atoms with van der Waals surface area (Å²) in [4.78, 5) is 0. The predicted molar refractivity (Wildman–Crippen MR) is 42.8 cm³/mol. The lowest BCUT2D eigenvalue weighted by molar-refractivity contribution is -0.206. The van der Waals surface area contributed by atoms with Crippen LogP contribution in [0.4, 0.5) is 13.2 Å². The van der Waals surface area contributed by atoms with Gasteiger partial charge in [-0.2, -0.15) is 13.2 Å². The number of aliphatic hydroxyl groups is 1. The molecule has 1 aromatic rings. The molecule has 0 saturated heterocycles. The van der Waals surface area contributed by atoms with E-state index in [1.54, 1.807) is 0 Å². The van der Waals surface area contributed by atoms with Crippen molar-refractivity contribution < 1.29 is 18.3 Å². The quantitative estimate of drug-likeness (QED) is 0.650. The Kier molecular flexibility index (Phi) is 2.66. The zero-order valence-corrected chi connectivity index (χ0v) is 6.55. The summed E-state index contributed by atoms with van der Waals surface area (Å²) in [5, 5.41) is 8.78. The van der Waals surface area contributed by atoms with Gasteiger partial charge in [0, 0.05) is 0 Å². The Labute approximate surface area is 74.6 Å². The molecule has 0 amide bonds. The van der Waals surface area contributed by atoms with Gasteiger partial charge in [0.25, 0.3) is 0 Å². The van der Waals surface area contributed by atoms with Crippen molar-refractivity contribution in [1.29, 1.82) is 0 Å². The lowest BCUT2D eigenvalue weighted by Gasteiger charge is -2.14. The first-order chi connectivity index (χ1) is 5.91. The molecule has 1 N–H and O–H groups in total. The highest BCUT2D eigenvalue weighted by atomic mass is 19.4. The third-order valence-electron chi connectivity index (χ3n) is 1.56. The van der Waals surface area contributed by atoms with Crippen LogP contribution in [0.1, 0.15) is 11.7 Å². The van der Waals surface area contributed by atoms with E-state index in [4.69, 9.17) is 13.0 Å². The van der Waals surface area contributed by atoms with Crippen molar-refractivity contribution in [3.63, 3.8) is 0 Å². The van der Waals surface area contributed by atoms with Crippen molar-refractivity contribution in [2.45, 2.75) is 12.3 Å². The molecule has 1 aromatic carbocycles. The van der Waals surface area contributed by atoms with Gasteiger partial charge in [0.2, 0.25) is 0 Å². The van der Waals surface area contributed by atoms with Crippen LogP contribution in [0, 0.1) is 0 Å². The summed E-state index contributed by atoms with van der Waals surface area (Å²) in [5.41, 5.74) is 0.153. The molecule has 1 rings (SSSR count). The average molecular weight is 186 g/mol. The van der Waals surface area contributed by atoms with Gasteiger partial charge in [-0.1, -0.05) is 29.7 Å². The van der Waals surface area contributed by atoms with Crippen LogP contribution in [0.25, 0.3) is 0 Å². The fourth-order valence-electron chi connectivity index (χ4n) is 0.867. The van der Waals surface area contributed by atoms with E-state index >= 15 is 0 Å². The number of benzene rings is 1. The van der Waals surface area contributed by atoms with Crippen LogP contribution in [0.5, 0.6) is 0 Å². The molecule has 0 bridgehead atoms. The van der Waals surface area contributed by atoms with Crippen molar-refractivity contribution in [2.24, 2.45) is 0 Å². The van der Waals surface area contributed by atoms with Crippen LogP contribution in [-0.4, -0.2) is 19.1 Å². The molecule has 0 aromatic heterocycles. The van der Waals surface area contributed by atoms with Gasteiger partial charge in [-0.15, -0.1) is 0 Å². The van der Waals surface area contributed by atoms with Crippen LogP contribution in [0.15, 0.2) is 24.3 Å². The van der Waals surface area contributed by atoms with Crippen molar-refractivity contribution in [1.82, 2.24) is 0 Å². The number of aliphatic hydroxyl groups excluding tert-OH is 1. The Morgan fingerprint density at radius 3 is 2.00 bits per heavy atom. The summed E-state index contributed by atoms with van der Waals surface area (Å²) in [5.74, 6) is 0. The fourth-order valence-corrected chi connectivity index (χ4v) is 0.867. The fraction of sp³-hybridized carbons (Fsp3) is 0.250. The summed E-state index contributed by atoms with van der Waals surface area (Å²) in [7, 11) is 5.27. The summed E-state index contributed by atoms with van der Waals surface area (Å²) in [6.45, 7) is 0. The second-order valence-electron chi connectivity index (χ2n) is 2.61. The number of alkyl halides is 3. The molecule has 0 saturated carbocycles. The standard InChI is InChI=1S/C8H6BF3O/c9-6-3-1-5(2-4-6)7(13)8(10,11)12/h1-4,7,13H. The first kappa shape index (κ1) is 10.1. The number of rotatable bonds is 1. The molecule has 1 unspecified atom stereocenters. The zero-order chi connectivity index (χ0) is 10.1. The Morgan fingerprint density at radius 2 is 1.62 bits per heavy atom. The predicted octanol–water partition coefficient (Wildman–Crippen LogP) is 1.08. The van der Waals surface area contributed by atoms with Gasteiger partial charge in [0.15, 0.2) is 6.10 Å². The van der Waals surface area contributed by atoms with Gasteiger partial charge in [-0.05, 0) is 5.56 Å². The Bertz CT molecular complexity index is 280. The van der Waals surface area contributed by atoms with Gasteiger partial charge >= 0.3 is 6.18 Å². The molecule has 0 aliphatic carbocycles. The molecule has 13 heavy (non-hydrogen) atoms. The van der Waals surface area contributed by atoms with Gasteiger partial charge < -0.3 is 5.11 Å². The van der Waals surface area contributed by atoms with Crippen LogP contribution < -0.4 is 5.46 Å². The smallest absolute Gasteiger partial charge is 0.379 e. The molecule has 0 heterocycles. The van der Waals surface area contributed by atoms with Crippen molar-refractivity contribution in [2.75, 3.05) is 0 Å². The van der Waals surface area contributed by atoms with Crippen LogP contribution in [0.2, 0.25) is 0 Å². The van der Waals surface area contributed by atoms with E-state index in [-0.39, 0.29) is 5.56 Å². The maximum absolute atomic E-state index is 12.0. The average Bonchev–Trinajstić information content (AvgIpc) is 2.03. The largest absolute Gasteiger partial charge is 0.418 e. The van der Waals surface area contributed by atoms with Crippen molar-refractivity contribution in [3.8, 4) is 0 Å². The molecular weight excluding hydrogens is 180 g/mol. The summed E-state index contributed by atoms with van der Waals surface area (Å²) in [6, 6.07) is 4.91. The van der Waals surface area contributed by atoms with E-state index in [2.05, 4.69) is 0 Å². The van der Waals surface area contributed by atoms with Crippen LogP contribution in [-0.2, 0) is 0 Å². The lowest BCUT2D eigenvalue weighted by atomic mass is 9.94. The first-order valence-corrected chi connectivity index (χ1v) is 3.51. The summed E-state index contributed by atoms with van der Waals surface area (Å²) in [6.07, 6.45) is -7.07. The summed E-state index contributed by atoms with van der Waals surface area (Å²) >= 11 is 0. The molecule has 1 atom stereocenters. The van der Waals surface area contributed by atoms with E-state index in [1.807, 2.05) is 0 Å². The molecular formula is C8H6BF3O. The highest BCUT2D eigenvalue weighted by Gasteiger charge is 2.39. The van der Waals surface area contributed by atoms with Crippen molar-refractivity contribution in [3.05, 3.63) is 29.8 Å². The van der Waals surface area contributed by atoms with E-state index in [9.17, 15) is 13.2 Å². The third kappa shape index (κ3) is 2.49. The van der Waals surface area contributed by atoms with Gasteiger partial charge in [0.1, 0.15) is 7.85 Å². The van der Waals surface area contributed by atoms with E-state index in [1.165, 1.54) is 12.1 Å². The first-order valence-electron chi connectivity index (χ1n) is 3.51. The molecule has 1 nitrogen and oxygen atoms in total. The summed E-state index contributed by atoms with van der Waals surface area (Å²) < 4.78 is 35.9. The van der Waals surface area contributed by atoms with E-state index in [0.717, 1.165) is 12.1 Å². The zero-order valence-electron chi connectivity index (χ0n) is 6.55. The molecule has 2 radical (unpaired) electrons. The van der Waals surface area contributed by atoms with E-state index in [0.29, 0.717) is 5.46 Å². The van der Waals surface area contributed by atoms with Gasteiger partial charge in [-0.25, -0.2) is 0 Å². The van der Waals surface area contributed by atoms with Crippen LogP contribution >= 0.6 is 0 Å². The highest BCUT2D eigenvalue weighted by molar-refractivity contribution is 6.32. The molecule has 0 aliphatic rings. The minimum absolute atomic E-state index is 0.207. The normalized spacial score (nSPS) is 14.2. The maximum Gasteiger partial charge on any atom is 0.418 e. The van der Waals surface area contributed by atoms with E-state index < -0.39 is 12.3 Å². The monoisotopic (exact) mass is 186 g/mol. The van der Waals surface area contributed by atoms with Gasteiger partial charge in [-0.3, -0.25) is 0 Å².